The van der Waals surface area contributed by atoms with Gasteiger partial charge in [0.2, 0.25) is 0 Å². The van der Waals surface area contributed by atoms with E-state index in [0.717, 1.165) is 26.2 Å². The van der Waals surface area contributed by atoms with E-state index in [2.05, 4.69) is 63.9 Å². The Labute approximate surface area is 155 Å². The van der Waals surface area contributed by atoms with Crippen LogP contribution in [0.5, 0.6) is 0 Å². The van der Waals surface area contributed by atoms with E-state index in [9.17, 15) is 0 Å². The molecule has 2 aliphatic rings. The topological polar surface area (TPSA) is 31.1 Å². The van der Waals surface area contributed by atoms with Gasteiger partial charge in [-0.1, -0.05) is 30.3 Å². The molecule has 0 radical (unpaired) electrons. The number of anilines is 1. The Bertz CT molecular complexity index is 905. The molecule has 5 rings (SSSR count). The summed E-state index contributed by atoms with van der Waals surface area (Å²) in [6.07, 6.45) is 7.16. The summed E-state index contributed by atoms with van der Waals surface area (Å²) in [6, 6.07) is 15.9. The van der Waals surface area contributed by atoms with Crippen molar-refractivity contribution in [2.75, 3.05) is 24.5 Å². The zero-order valence-corrected chi connectivity index (χ0v) is 15.3. The van der Waals surface area contributed by atoms with Crippen LogP contribution in [0.1, 0.15) is 41.9 Å². The lowest BCUT2D eigenvalue weighted by atomic mass is 9.90. The Balaban J connectivity index is 1.45. The highest BCUT2D eigenvalue weighted by molar-refractivity contribution is 5.87. The van der Waals surface area contributed by atoms with Crippen molar-refractivity contribution in [2.24, 2.45) is 0 Å². The van der Waals surface area contributed by atoms with Gasteiger partial charge in [0.25, 0.3) is 0 Å². The van der Waals surface area contributed by atoms with E-state index in [-0.39, 0.29) is 0 Å². The molecular weight excluding hydrogens is 318 g/mol. The number of hydrogen-bond donors (Lipinski definition) is 2. The number of nitrogens with zero attached hydrogens (tertiary/aromatic N) is 1. The van der Waals surface area contributed by atoms with Gasteiger partial charge >= 0.3 is 0 Å². The monoisotopic (exact) mass is 345 g/mol. The number of piperidine rings is 1. The summed E-state index contributed by atoms with van der Waals surface area (Å²) in [5.41, 5.74) is 7.13. The molecule has 2 aromatic carbocycles. The summed E-state index contributed by atoms with van der Waals surface area (Å²) in [6.45, 7) is 4.43. The summed E-state index contributed by atoms with van der Waals surface area (Å²) in [4.78, 5) is 6.09. The molecule has 1 fully saturated rings. The van der Waals surface area contributed by atoms with Crippen LogP contribution in [0.2, 0.25) is 0 Å². The maximum absolute atomic E-state index is 3.55. The number of aromatic amines is 1. The number of fused-ring (bicyclic) bond motifs is 2. The fraction of sp³-hybridized carbons (Fsp3) is 0.391. The average molecular weight is 345 g/mol. The van der Waals surface area contributed by atoms with E-state index >= 15 is 0 Å². The molecule has 3 aromatic rings. The summed E-state index contributed by atoms with van der Waals surface area (Å²) >= 11 is 0. The lowest BCUT2D eigenvalue weighted by Gasteiger charge is -2.24. The van der Waals surface area contributed by atoms with Crippen LogP contribution in [0.4, 0.5) is 5.69 Å². The molecule has 0 bridgehead atoms. The van der Waals surface area contributed by atoms with E-state index in [1.165, 1.54) is 59.0 Å². The number of aryl methyl sites for hydroxylation is 1. The van der Waals surface area contributed by atoms with E-state index in [1.807, 2.05) is 0 Å². The van der Waals surface area contributed by atoms with Crippen LogP contribution < -0.4 is 10.2 Å². The van der Waals surface area contributed by atoms with Crippen molar-refractivity contribution in [3.8, 4) is 0 Å². The molecular formula is C23H27N3. The molecule has 0 atom stereocenters. The third kappa shape index (κ3) is 2.90. The van der Waals surface area contributed by atoms with Gasteiger partial charge in [-0.2, -0.15) is 0 Å². The number of benzene rings is 2. The zero-order chi connectivity index (χ0) is 17.3. The van der Waals surface area contributed by atoms with E-state index in [1.54, 1.807) is 0 Å². The van der Waals surface area contributed by atoms with E-state index in [0.29, 0.717) is 5.92 Å². The number of rotatable bonds is 2. The van der Waals surface area contributed by atoms with Gasteiger partial charge in [0.1, 0.15) is 0 Å². The Morgan fingerprint density at radius 1 is 0.962 bits per heavy atom. The van der Waals surface area contributed by atoms with Crippen LogP contribution in [0.15, 0.2) is 48.7 Å². The third-order valence-corrected chi connectivity index (χ3v) is 6.20. The predicted molar refractivity (Wildman–Crippen MR) is 109 cm³/mol. The fourth-order valence-corrected chi connectivity index (χ4v) is 4.73. The second-order valence-corrected chi connectivity index (χ2v) is 7.79. The molecule has 0 saturated carbocycles. The maximum Gasteiger partial charge on any atom is 0.0477 e. The highest BCUT2D eigenvalue weighted by Crippen LogP contribution is 2.34. The number of nitrogens with one attached hydrogen (secondary N) is 2. The summed E-state index contributed by atoms with van der Waals surface area (Å²) < 4.78 is 0. The first kappa shape index (κ1) is 16.0. The minimum absolute atomic E-state index is 0.695. The van der Waals surface area contributed by atoms with Crippen LogP contribution in [-0.4, -0.2) is 24.6 Å². The molecule has 3 nitrogen and oxygen atoms in total. The normalized spacial score (nSPS) is 18.7. The number of aromatic nitrogens is 1. The second-order valence-electron chi connectivity index (χ2n) is 7.79. The standard InChI is InChI=1S/C23H27N3/c1-2-5-19-16-26(13-3-6-17(19)4-1)20-7-8-21-22(15-25-23(21)14-20)18-9-11-24-12-10-18/h1-2,4-5,7-8,14-15,18,24-25H,3,6,9-13,16H2. The lowest BCUT2D eigenvalue weighted by molar-refractivity contribution is 0.462. The first-order chi connectivity index (χ1) is 12.9. The zero-order valence-electron chi connectivity index (χ0n) is 15.3. The number of hydrogen-bond acceptors (Lipinski definition) is 2. The molecule has 2 N–H and O–H groups in total. The van der Waals surface area contributed by atoms with Gasteiger partial charge in [-0.3, -0.25) is 0 Å². The molecule has 1 saturated heterocycles. The Kier molecular flexibility index (Phi) is 4.18. The van der Waals surface area contributed by atoms with Gasteiger partial charge in [0, 0.05) is 35.9 Å². The summed E-state index contributed by atoms with van der Waals surface area (Å²) in [5, 5.41) is 4.89. The van der Waals surface area contributed by atoms with Gasteiger partial charge in [-0.15, -0.1) is 0 Å². The van der Waals surface area contributed by atoms with Crippen LogP contribution in [-0.2, 0) is 13.0 Å². The number of H-pyrrole nitrogens is 1. The van der Waals surface area contributed by atoms with Crippen LogP contribution in [0.25, 0.3) is 10.9 Å². The van der Waals surface area contributed by atoms with Gasteiger partial charge in [0.15, 0.2) is 0 Å². The average Bonchev–Trinajstić information content (AvgIpc) is 2.99. The fourth-order valence-electron chi connectivity index (χ4n) is 4.73. The molecule has 3 heterocycles. The molecule has 26 heavy (non-hydrogen) atoms. The highest BCUT2D eigenvalue weighted by Gasteiger charge is 2.20. The van der Waals surface area contributed by atoms with Crippen LogP contribution in [0, 0.1) is 0 Å². The minimum Gasteiger partial charge on any atom is -0.367 e. The minimum atomic E-state index is 0.695. The largest absolute Gasteiger partial charge is 0.367 e. The van der Waals surface area contributed by atoms with Crippen molar-refractivity contribution in [3.05, 3.63) is 65.4 Å². The SMILES string of the molecule is c1ccc2c(c1)CCCN(c1ccc3c(C4CCNCC4)c[nH]c3c1)C2. The van der Waals surface area contributed by atoms with Crippen molar-refractivity contribution >= 4 is 16.6 Å². The van der Waals surface area contributed by atoms with E-state index < -0.39 is 0 Å². The van der Waals surface area contributed by atoms with Crippen LogP contribution >= 0.6 is 0 Å². The third-order valence-electron chi connectivity index (χ3n) is 6.20. The van der Waals surface area contributed by atoms with Crippen molar-refractivity contribution in [1.82, 2.24) is 10.3 Å². The molecule has 0 spiro atoms. The first-order valence-corrected chi connectivity index (χ1v) is 10.0. The Hall–Kier alpha value is -2.26. The molecule has 0 aliphatic carbocycles. The van der Waals surface area contributed by atoms with Gasteiger partial charge in [-0.25, -0.2) is 0 Å². The van der Waals surface area contributed by atoms with Crippen molar-refractivity contribution in [2.45, 2.75) is 38.1 Å². The maximum atomic E-state index is 3.55. The molecule has 0 unspecified atom stereocenters. The van der Waals surface area contributed by atoms with Crippen LogP contribution in [0.3, 0.4) is 0 Å². The first-order valence-electron chi connectivity index (χ1n) is 10.0. The smallest absolute Gasteiger partial charge is 0.0477 e. The quantitative estimate of drug-likeness (QED) is 0.712. The molecule has 1 aromatic heterocycles. The van der Waals surface area contributed by atoms with Crippen molar-refractivity contribution < 1.29 is 0 Å². The molecule has 0 amide bonds. The molecule has 134 valence electrons. The molecule has 3 heteroatoms. The van der Waals surface area contributed by atoms with Crippen molar-refractivity contribution in [1.29, 1.82) is 0 Å². The van der Waals surface area contributed by atoms with Crippen molar-refractivity contribution in [3.63, 3.8) is 0 Å². The second kappa shape index (κ2) is 6.81. The van der Waals surface area contributed by atoms with Gasteiger partial charge in [-0.05, 0) is 73.5 Å². The Morgan fingerprint density at radius 3 is 2.69 bits per heavy atom. The van der Waals surface area contributed by atoms with Gasteiger partial charge in [0.05, 0.1) is 0 Å². The summed E-state index contributed by atoms with van der Waals surface area (Å²) in [5.74, 6) is 0.695. The predicted octanol–water partition coefficient (Wildman–Crippen LogP) is 4.59. The molecule has 2 aliphatic heterocycles. The van der Waals surface area contributed by atoms with E-state index in [4.69, 9.17) is 0 Å². The highest BCUT2D eigenvalue weighted by atomic mass is 15.1. The summed E-state index contributed by atoms with van der Waals surface area (Å²) in [7, 11) is 0. The Morgan fingerprint density at radius 2 is 1.81 bits per heavy atom. The van der Waals surface area contributed by atoms with Gasteiger partial charge < -0.3 is 15.2 Å². The lowest BCUT2D eigenvalue weighted by Crippen LogP contribution is -2.26.